The first-order chi connectivity index (χ1) is 9.68. The van der Waals surface area contributed by atoms with Crippen LogP contribution in [0, 0.1) is 0 Å². The van der Waals surface area contributed by atoms with Crippen molar-refractivity contribution in [2.75, 3.05) is 5.73 Å². The number of carbonyl (C=O) groups is 1. The highest BCUT2D eigenvalue weighted by molar-refractivity contribution is 6.19. The molecule has 3 heteroatoms. The van der Waals surface area contributed by atoms with E-state index in [1.54, 1.807) is 18.2 Å². The van der Waals surface area contributed by atoms with E-state index in [4.69, 9.17) is 5.73 Å². The Balaban J connectivity index is 2.24. The molecular weight excluding hydrogens is 250 g/mol. The average molecular weight is 263 g/mol. The van der Waals surface area contributed by atoms with E-state index in [1.165, 1.54) is 6.07 Å². The van der Waals surface area contributed by atoms with Gasteiger partial charge in [0.05, 0.1) is 5.56 Å². The zero-order valence-corrected chi connectivity index (χ0v) is 10.7. The summed E-state index contributed by atoms with van der Waals surface area (Å²) >= 11 is 0. The van der Waals surface area contributed by atoms with Gasteiger partial charge >= 0.3 is 0 Å². The molecular formula is C17H13NO2. The molecule has 0 aromatic heterocycles. The number of fused-ring (bicyclic) bond motifs is 1. The molecule has 0 saturated carbocycles. The predicted molar refractivity (Wildman–Crippen MR) is 79.9 cm³/mol. The number of ketones is 1. The fraction of sp³-hybridized carbons (Fsp3) is 0. The molecule has 3 aromatic rings. The van der Waals surface area contributed by atoms with E-state index < -0.39 is 0 Å². The van der Waals surface area contributed by atoms with Crippen LogP contribution in [-0.2, 0) is 0 Å². The number of benzene rings is 3. The van der Waals surface area contributed by atoms with Gasteiger partial charge in [0.25, 0.3) is 0 Å². The second-order valence-electron chi connectivity index (χ2n) is 4.60. The van der Waals surface area contributed by atoms with Gasteiger partial charge in [-0.05, 0) is 22.9 Å². The quantitative estimate of drug-likeness (QED) is 0.550. The van der Waals surface area contributed by atoms with Crippen LogP contribution in [-0.4, -0.2) is 10.9 Å². The van der Waals surface area contributed by atoms with Crippen LogP contribution in [0.1, 0.15) is 15.9 Å². The van der Waals surface area contributed by atoms with Crippen molar-refractivity contribution in [2.45, 2.75) is 0 Å². The van der Waals surface area contributed by atoms with E-state index in [0.717, 1.165) is 10.8 Å². The third-order valence-electron chi connectivity index (χ3n) is 3.34. The summed E-state index contributed by atoms with van der Waals surface area (Å²) in [7, 11) is 0. The van der Waals surface area contributed by atoms with Crippen molar-refractivity contribution in [3.8, 4) is 5.75 Å². The highest BCUT2D eigenvalue weighted by Gasteiger charge is 2.18. The van der Waals surface area contributed by atoms with Crippen molar-refractivity contribution in [1.82, 2.24) is 0 Å². The first-order valence-corrected chi connectivity index (χ1v) is 6.28. The number of nitrogens with two attached hydrogens (primary N) is 1. The molecule has 3 rings (SSSR count). The molecule has 0 amide bonds. The number of hydrogen-bond donors (Lipinski definition) is 2. The maximum atomic E-state index is 12.7. The Bertz CT molecular complexity index is 783. The molecule has 3 aromatic carbocycles. The number of phenols is 1. The Hall–Kier alpha value is -2.81. The van der Waals surface area contributed by atoms with Gasteiger partial charge in [-0.15, -0.1) is 0 Å². The Morgan fingerprint density at radius 1 is 0.900 bits per heavy atom. The maximum absolute atomic E-state index is 12.7. The Kier molecular flexibility index (Phi) is 2.88. The molecule has 98 valence electrons. The number of aromatic hydroxyl groups is 1. The lowest BCUT2D eigenvalue weighted by atomic mass is 9.96. The highest BCUT2D eigenvalue weighted by Crippen LogP contribution is 2.28. The van der Waals surface area contributed by atoms with Gasteiger partial charge < -0.3 is 10.8 Å². The molecule has 3 nitrogen and oxygen atoms in total. The molecule has 0 aliphatic rings. The summed E-state index contributed by atoms with van der Waals surface area (Å²) in [4.78, 5) is 12.7. The van der Waals surface area contributed by atoms with E-state index in [-0.39, 0.29) is 22.8 Å². The minimum Gasteiger partial charge on any atom is -0.507 e. The number of rotatable bonds is 2. The third-order valence-corrected chi connectivity index (χ3v) is 3.34. The van der Waals surface area contributed by atoms with Crippen LogP contribution in [0.15, 0.2) is 60.7 Å². The monoisotopic (exact) mass is 263 g/mol. The minimum atomic E-state index is -0.266. The molecule has 0 heterocycles. The van der Waals surface area contributed by atoms with Gasteiger partial charge in [0.1, 0.15) is 5.75 Å². The molecule has 0 atom stereocenters. The molecule has 0 unspecified atom stereocenters. The van der Waals surface area contributed by atoms with E-state index in [9.17, 15) is 9.90 Å². The van der Waals surface area contributed by atoms with Gasteiger partial charge in [-0.25, -0.2) is 0 Å². The van der Waals surface area contributed by atoms with Gasteiger partial charge in [-0.1, -0.05) is 48.5 Å². The standard InChI is InChI=1S/C17H13NO2/c18-14-9-4-10-15(19)16(14)17(20)13-8-3-6-11-5-1-2-7-12(11)13/h1-10,19H,18H2. The smallest absolute Gasteiger partial charge is 0.199 e. The Labute approximate surface area is 116 Å². The number of hydrogen-bond acceptors (Lipinski definition) is 3. The number of nitrogen functional groups attached to an aromatic ring is 1. The van der Waals surface area contributed by atoms with E-state index >= 15 is 0 Å². The third kappa shape index (κ3) is 1.89. The van der Waals surface area contributed by atoms with Gasteiger partial charge in [0.15, 0.2) is 5.78 Å². The van der Waals surface area contributed by atoms with Gasteiger partial charge in [0.2, 0.25) is 0 Å². The van der Waals surface area contributed by atoms with Gasteiger partial charge in [-0.2, -0.15) is 0 Å². The van der Waals surface area contributed by atoms with Gasteiger partial charge in [0, 0.05) is 11.3 Å². The zero-order valence-electron chi connectivity index (χ0n) is 10.7. The van der Waals surface area contributed by atoms with E-state index in [0.29, 0.717) is 5.56 Å². The van der Waals surface area contributed by atoms with Crippen LogP contribution in [0.5, 0.6) is 5.75 Å². The summed E-state index contributed by atoms with van der Waals surface area (Å²) in [6.07, 6.45) is 0. The first kappa shape index (κ1) is 12.2. The fourth-order valence-electron chi connectivity index (χ4n) is 2.36. The predicted octanol–water partition coefficient (Wildman–Crippen LogP) is 3.36. The summed E-state index contributed by atoms with van der Waals surface area (Å²) in [6, 6.07) is 17.8. The molecule has 3 N–H and O–H groups in total. The Morgan fingerprint density at radius 3 is 2.40 bits per heavy atom. The van der Waals surface area contributed by atoms with Gasteiger partial charge in [-0.3, -0.25) is 4.79 Å². The first-order valence-electron chi connectivity index (χ1n) is 6.28. The molecule has 0 radical (unpaired) electrons. The second kappa shape index (κ2) is 4.70. The summed E-state index contributed by atoms with van der Waals surface area (Å²) in [6.45, 7) is 0. The van der Waals surface area contributed by atoms with Crippen LogP contribution in [0.2, 0.25) is 0 Å². The van der Waals surface area contributed by atoms with Crippen molar-refractivity contribution in [3.05, 3.63) is 71.8 Å². The SMILES string of the molecule is Nc1cccc(O)c1C(=O)c1cccc2ccccc12. The molecule has 0 spiro atoms. The zero-order chi connectivity index (χ0) is 14.1. The van der Waals surface area contributed by atoms with Crippen molar-refractivity contribution in [1.29, 1.82) is 0 Å². The van der Waals surface area contributed by atoms with Crippen molar-refractivity contribution >= 4 is 22.2 Å². The Morgan fingerprint density at radius 2 is 1.60 bits per heavy atom. The lowest BCUT2D eigenvalue weighted by Gasteiger charge is -2.09. The average Bonchev–Trinajstić information content (AvgIpc) is 2.46. The molecule has 0 aliphatic carbocycles. The summed E-state index contributed by atoms with van der Waals surface area (Å²) in [5, 5.41) is 11.7. The normalized spacial score (nSPS) is 10.6. The fourth-order valence-corrected chi connectivity index (χ4v) is 2.36. The maximum Gasteiger partial charge on any atom is 0.199 e. The van der Waals surface area contributed by atoms with E-state index in [1.807, 2.05) is 36.4 Å². The van der Waals surface area contributed by atoms with Crippen LogP contribution in [0.4, 0.5) is 5.69 Å². The van der Waals surface area contributed by atoms with Crippen LogP contribution in [0.25, 0.3) is 10.8 Å². The number of carbonyl (C=O) groups excluding carboxylic acids is 1. The number of anilines is 1. The minimum absolute atomic E-state index is 0.0945. The summed E-state index contributed by atoms with van der Waals surface area (Å²) < 4.78 is 0. The topological polar surface area (TPSA) is 63.3 Å². The second-order valence-corrected chi connectivity index (χ2v) is 4.60. The van der Waals surface area contributed by atoms with Crippen LogP contribution >= 0.6 is 0 Å². The lowest BCUT2D eigenvalue weighted by Crippen LogP contribution is -2.06. The van der Waals surface area contributed by atoms with Crippen LogP contribution in [0.3, 0.4) is 0 Å². The van der Waals surface area contributed by atoms with E-state index in [2.05, 4.69) is 0 Å². The van der Waals surface area contributed by atoms with Crippen molar-refractivity contribution in [3.63, 3.8) is 0 Å². The molecule has 0 aliphatic heterocycles. The number of phenolic OH excluding ortho intramolecular Hbond substituents is 1. The summed E-state index contributed by atoms with van der Waals surface area (Å²) in [5.74, 6) is -0.361. The molecule has 0 bridgehead atoms. The van der Waals surface area contributed by atoms with Crippen LogP contribution < -0.4 is 5.73 Å². The highest BCUT2D eigenvalue weighted by atomic mass is 16.3. The largest absolute Gasteiger partial charge is 0.507 e. The molecule has 0 saturated heterocycles. The summed E-state index contributed by atoms with van der Waals surface area (Å²) in [5.41, 5.74) is 6.80. The molecule has 0 fully saturated rings. The lowest BCUT2D eigenvalue weighted by molar-refractivity contribution is 0.103. The molecule has 20 heavy (non-hydrogen) atoms. The van der Waals surface area contributed by atoms with Crippen molar-refractivity contribution < 1.29 is 9.90 Å². The van der Waals surface area contributed by atoms with Crippen molar-refractivity contribution in [2.24, 2.45) is 0 Å².